The lowest BCUT2D eigenvalue weighted by Gasteiger charge is -2.39. The highest BCUT2D eigenvalue weighted by Crippen LogP contribution is 2.22. The molecule has 1 aromatic rings. The van der Waals surface area contributed by atoms with Crippen LogP contribution in [-0.4, -0.2) is 29.9 Å². The smallest absolute Gasteiger partial charge is 0.225 e. The van der Waals surface area contributed by atoms with Crippen molar-refractivity contribution in [2.24, 2.45) is 11.8 Å². The monoisotopic (exact) mass is 340 g/mol. The number of nitrogens with zero attached hydrogens (tertiary/aromatic N) is 1. The number of rotatable bonds is 5. The number of amides is 1. The van der Waals surface area contributed by atoms with Crippen molar-refractivity contribution in [3.63, 3.8) is 0 Å². The van der Waals surface area contributed by atoms with Gasteiger partial charge >= 0.3 is 0 Å². The first-order valence-electron chi connectivity index (χ1n) is 8.38. The van der Waals surface area contributed by atoms with E-state index in [2.05, 4.69) is 12.2 Å². The lowest BCUT2D eigenvalue weighted by molar-refractivity contribution is -0.136. The van der Waals surface area contributed by atoms with E-state index in [1.165, 1.54) is 6.07 Å². The average molecular weight is 341 g/mol. The Morgan fingerprint density at radius 2 is 2.22 bits per heavy atom. The van der Waals surface area contributed by atoms with Crippen LogP contribution >= 0.6 is 11.6 Å². The van der Waals surface area contributed by atoms with Gasteiger partial charge in [-0.25, -0.2) is 4.39 Å². The highest BCUT2D eigenvalue weighted by atomic mass is 35.5. The Balaban J connectivity index is 1.93. The summed E-state index contributed by atoms with van der Waals surface area (Å²) in [5.41, 5.74) is 0.891. The van der Waals surface area contributed by atoms with Gasteiger partial charge in [-0.1, -0.05) is 44.9 Å². The molecule has 5 heteroatoms. The fourth-order valence-electron chi connectivity index (χ4n) is 3.18. The lowest BCUT2D eigenvalue weighted by atomic mass is 9.89. The molecular weight excluding hydrogens is 315 g/mol. The summed E-state index contributed by atoms with van der Waals surface area (Å²) >= 11 is 5.71. The first kappa shape index (κ1) is 18.2. The van der Waals surface area contributed by atoms with Gasteiger partial charge in [-0.15, -0.1) is 0 Å². The third-order valence-electron chi connectivity index (χ3n) is 4.62. The predicted octanol–water partition coefficient (Wildman–Crippen LogP) is 3.85. The van der Waals surface area contributed by atoms with E-state index in [-0.39, 0.29) is 22.7 Å². The normalized spacial score (nSPS) is 21.7. The van der Waals surface area contributed by atoms with Crippen molar-refractivity contribution < 1.29 is 9.18 Å². The van der Waals surface area contributed by atoms with Gasteiger partial charge in [-0.05, 0) is 30.0 Å². The van der Waals surface area contributed by atoms with E-state index in [9.17, 15) is 9.18 Å². The van der Waals surface area contributed by atoms with E-state index in [0.717, 1.165) is 31.5 Å². The lowest BCUT2D eigenvalue weighted by Crippen LogP contribution is -2.51. The molecule has 1 aliphatic rings. The first-order chi connectivity index (χ1) is 10.9. The van der Waals surface area contributed by atoms with Crippen LogP contribution in [0.5, 0.6) is 0 Å². The topological polar surface area (TPSA) is 32.3 Å². The Kier molecular flexibility index (Phi) is 6.42. The molecule has 1 amide bonds. The molecule has 1 fully saturated rings. The summed E-state index contributed by atoms with van der Waals surface area (Å²) in [6.45, 7) is 8.27. The highest BCUT2D eigenvalue weighted by Gasteiger charge is 2.30. The third kappa shape index (κ3) is 4.67. The predicted molar refractivity (Wildman–Crippen MR) is 91.9 cm³/mol. The van der Waals surface area contributed by atoms with E-state index >= 15 is 0 Å². The van der Waals surface area contributed by atoms with Gasteiger partial charge in [-0.3, -0.25) is 4.79 Å². The highest BCUT2D eigenvalue weighted by molar-refractivity contribution is 6.30. The van der Waals surface area contributed by atoms with Gasteiger partial charge in [-0.2, -0.15) is 0 Å². The molecule has 0 aliphatic carbocycles. The van der Waals surface area contributed by atoms with Crippen molar-refractivity contribution in [1.82, 2.24) is 10.2 Å². The summed E-state index contributed by atoms with van der Waals surface area (Å²) in [4.78, 5) is 14.2. The number of nitrogens with one attached hydrogen (secondary N) is 1. The van der Waals surface area contributed by atoms with Gasteiger partial charge in [0, 0.05) is 31.6 Å². The third-order valence-corrected chi connectivity index (χ3v) is 4.92. The van der Waals surface area contributed by atoms with Gasteiger partial charge in [0.05, 0.1) is 5.02 Å². The maximum atomic E-state index is 13.5. The molecule has 128 valence electrons. The summed E-state index contributed by atoms with van der Waals surface area (Å²) in [6.07, 6.45) is 1.96. The van der Waals surface area contributed by atoms with E-state index < -0.39 is 0 Å². The summed E-state index contributed by atoms with van der Waals surface area (Å²) in [6, 6.07) is 5.27. The van der Waals surface area contributed by atoms with Crippen LogP contribution in [0.3, 0.4) is 0 Å². The standard InChI is InChI=1S/C18H26ClFN2O/c1-4-14-11-22(18(23)12(2)3)8-7-17(14)21-10-13-5-6-15(19)16(20)9-13/h5-6,9,12,14,17,21H,4,7-8,10-11H2,1-3H3/t14-,17-/m0/s1. The van der Waals surface area contributed by atoms with Crippen molar-refractivity contribution in [3.8, 4) is 0 Å². The van der Waals surface area contributed by atoms with Crippen LogP contribution in [0.25, 0.3) is 0 Å². The second-order valence-corrected chi connectivity index (χ2v) is 7.04. The molecule has 2 rings (SSSR count). The number of piperidine rings is 1. The Morgan fingerprint density at radius 3 is 2.83 bits per heavy atom. The minimum atomic E-state index is -0.379. The molecule has 0 bridgehead atoms. The Morgan fingerprint density at radius 1 is 1.48 bits per heavy atom. The van der Waals surface area contributed by atoms with Crippen molar-refractivity contribution in [3.05, 3.63) is 34.6 Å². The zero-order valence-electron chi connectivity index (χ0n) is 14.1. The minimum Gasteiger partial charge on any atom is -0.342 e. The van der Waals surface area contributed by atoms with Crippen molar-refractivity contribution in [2.45, 2.75) is 46.2 Å². The van der Waals surface area contributed by atoms with Gasteiger partial charge in [0.15, 0.2) is 0 Å². The molecule has 3 nitrogen and oxygen atoms in total. The van der Waals surface area contributed by atoms with Gasteiger partial charge in [0.2, 0.25) is 5.91 Å². The van der Waals surface area contributed by atoms with Crippen LogP contribution in [0.15, 0.2) is 18.2 Å². The largest absolute Gasteiger partial charge is 0.342 e. The van der Waals surface area contributed by atoms with Crippen LogP contribution in [-0.2, 0) is 11.3 Å². The van der Waals surface area contributed by atoms with Crippen molar-refractivity contribution in [1.29, 1.82) is 0 Å². The molecular formula is C18H26ClFN2O. The molecule has 2 atom stereocenters. The summed E-state index contributed by atoms with van der Waals surface area (Å²) in [7, 11) is 0. The van der Waals surface area contributed by atoms with Crippen LogP contribution in [0.2, 0.25) is 5.02 Å². The maximum absolute atomic E-state index is 13.5. The summed E-state index contributed by atoms with van der Waals surface area (Å²) < 4.78 is 13.5. The Hall–Kier alpha value is -1.13. The minimum absolute atomic E-state index is 0.0501. The first-order valence-corrected chi connectivity index (χ1v) is 8.76. The molecule has 0 spiro atoms. The Labute approximate surface area is 143 Å². The maximum Gasteiger partial charge on any atom is 0.225 e. The number of halogens is 2. The number of carbonyl (C=O) groups excluding carboxylic acids is 1. The van der Waals surface area contributed by atoms with E-state index in [4.69, 9.17) is 11.6 Å². The van der Waals surface area contributed by atoms with Gasteiger partial charge in [0.25, 0.3) is 0 Å². The number of benzene rings is 1. The zero-order chi connectivity index (χ0) is 17.0. The van der Waals surface area contributed by atoms with Crippen molar-refractivity contribution >= 4 is 17.5 Å². The van der Waals surface area contributed by atoms with E-state index in [1.54, 1.807) is 6.07 Å². The molecule has 0 aromatic heterocycles. The van der Waals surface area contributed by atoms with Crippen LogP contribution in [0.1, 0.15) is 39.2 Å². The number of hydrogen-bond acceptors (Lipinski definition) is 2. The van der Waals surface area contributed by atoms with Gasteiger partial charge in [0.1, 0.15) is 5.82 Å². The molecule has 23 heavy (non-hydrogen) atoms. The molecule has 0 unspecified atom stereocenters. The SMILES string of the molecule is CC[C@H]1CN(C(=O)C(C)C)CC[C@@H]1NCc1ccc(Cl)c(F)c1. The van der Waals surface area contributed by atoms with Crippen LogP contribution in [0, 0.1) is 17.7 Å². The van der Waals surface area contributed by atoms with Crippen LogP contribution < -0.4 is 5.32 Å². The fourth-order valence-corrected chi connectivity index (χ4v) is 3.30. The Bertz CT molecular complexity index is 550. The summed E-state index contributed by atoms with van der Waals surface area (Å²) in [5, 5.41) is 3.68. The molecule has 1 N–H and O–H groups in total. The van der Waals surface area contributed by atoms with E-state index in [0.29, 0.717) is 18.5 Å². The molecule has 1 aliphatic heterocycles. The molecule has 0 radical (unpaired) electrons. The second-order valence-electron chi connectivity index (χ2n) is 6.63. The molecule has 0 saturated carbocycles. The number of hydrogen-bond donors (Lipinski definition) is 1. The van der Waals surface area contributed by atoms with Crippen molar-refractivity contribution in [2.75, 3.05) is 13.1 Å². The summed E-state index contributed by atoms with van der Waals surface area (Å²) in [5.74, 6) is 0.342. The number of carbonyl (C=O) groups is 1. The van der Waals surface area contributed by atoms with Crippen LogP contribution in [0.4, 0.5) is 4.39 Å². The quantitative estimate of drug-likeness (QED) is 0.883. The molecule has 1 aromatic carbocycles. The molecule has 1 saturated heterocycles. The zero-order valence-corrected chi connectivity index (χ0v) is 14.9. The van der Waals surface area contributed by atoms with Gasteiger partial charge < -0.3 is 10.2 Å². The van der Waals surface area contributed by atoms with E-state index in [1.807, 2.05) is 24.8 Å². The number of likely N-dealkylation sites (tertiary alicyclic amines) is 1. The second kappa shape index (κ2) is 8.11. The average Bonchev–Trinajstić information content (AvgIpc) is 2.55. The molecule has 1 heterocycles. The fraction of sp³-hybridized carbons (Fsp3) is 0.611.